The van der Waals surface area contributed by atoms with Gasteiger partial charge >= 0.3 is 0 Å². The number of nitrogens with zero attached hydrogens (tertiary/aromatic N) is 1. The van der Waals surface area contributed by atoms with Crippen molar-refractivity contribution in [2.45, 2.75) is 40.0 Å². The molecule has 0 N–H and O–H groups in total. The molecular formula is C11H18ClNS. The second-order valence-corrected chi connectivity index (χ2v) is 6.08. The lowest BCUT2D eigenvalue weighted by Gasteiger charge is -2.15. The van der Waals surface area contributed by atoms with Crippen molar-refractivity contribution < 1.29 is 0 Å². The second kappa shape index (κ2) is 5.13. The molecule has 0 aliphatic carbocycles. The number of aryl methyl sites for hydroxylation is 1. The molecule has 0 bridgehead atoms. The number of aromatic nitrogens is 1. The van der Waals surface area contributed by atoms with Crippen LogP contribution in [0.1, 0.15) is 37.9 Å². The minimum Gasteiger partial charge on any atom is -0.246 e. The first-order chi connectivity index (χ1) is 6.51. The first-order valence-electron chi connectivity index (χ1n) is 5.00. The fourth-order valence-electron chi connectivity index (χ4n) is 1.25. The maximum atomic E-state index is 5.64. The van der Waals surface area contributed by atoms with Crippen LogP contribution in [0.2, 0.25) is 0 Å². The quantitative estimate of drug-likeness (QED) is 0.717. The summed E-state index contributed by atoms with van der Waals surface area (Å²) in [5, 5.41) is 3.41. The van der Waals surface area contributed by atoms with Gasteiger partial charge < -0.3 is 0 Å². The van der Waals surface area contributed by atoms with E-state index in [1.165, 1.54) is 10.7 Å². The van der Waals surface area contributed by atoms with Gasteiger partial charge in [-0.25, -0.2) is 4.98 Å². The lowest BCUT2D eigenvalue weighted by molar-refractivity contribution is 0.410. The van der Waals surface area contributed by atoms with E-state index in [0.717, 1.165) is 25.1 Å². The van der Waals surface area contributed by atoms with Gasteiger partial charge in [-0.2, -0.15) is 0 Å². The first kappa shape index (κ1) is 12.0. The van der Waals surface area contributed by atoms with Gasteiger partial charge in [-0.3, -0.25) is 0 Å². The average molecular weight is 232 g/mol. The molecule has 1 aromatic rings. The van der Waals surface area contributed by atoms with E-state index in [1.807, 2.05) is 0 Å². The smallest absolute Gasteiger partial charge is 0.0933 e. The number of alkyl halides is 1. The maximum Gasteiger partial charge on any atom is 0.0933 e. The fraction of sp³-hybridized carbons (Fsp3) is 0.727. The largest absolute Gasteiger partial charge is 0.246 e. The Morgan fingerprint density at radius 1 is 1.43 bits per heavy atom. The van der Waals surface area contributed by atoms with Crippen LogP contribution in [0.5, 0.6) is 0 Å². The maximum absolute atomic E-state index is 5.64. The van der Waals surface area contributed by atoms with Crippen LogP contribution < -0.4 is 0 Å². The van der Waals surface area contributed by atoms with Crippen LogP contribution in [-0.4, -0.2) is 10.9 Å². The predicted octanol–water partition coefficient (Wildman–Crippen LogP) is 3.90. The molecule has 0 aliphatic rings. The highest BCUT2D eigenvalue weighted by atomic mass is 35.5. The third kappa shape index (κ3) is 4.43. The molecule has 0 aliphatic heterocycles. The minimum absolute atomic E-state index is 0.335. The highest BCUT2D eigenvalue weighted by molar-refractivity contribution is 7.09. The molecule has 0 amide bonds. The van der Waals surface area contributed by atoms with Gasteiger partial charge in [-0.05, 0) is 18.3 Å². The Kier molecular flexibility index (Phi) is 4.39. The highest BCUT2D eigenvalue weighted by Crippen LogP contribution is 2.23. The summed E-state index contributed by atoms with van der Waals surface area (Å²) in [7, 11) is 0. The Morgan fingerprint density at radius 2 is 2.14 bits per heavy atom. The molecule has 0 spiro atoms. The molecule has 1 aromatic heterocycles. The summed E-state index contributed by atoms with van der Waals surface area (Å²) >= 11 is 7.41. The molecule has 0 saturated carbocycles. The van der Waals surface area contributed by atoms with Gasteiger partial charge in [0.2, 0.25) is 0 Å². The van der Waals surface area contributed by atoms with Gasteiger partial charge in [0, 0.05) is 17.7 Å². The molecule has 0 unspecified atom stereocenters. The molecule has 1 heterocycles. The van der Waals surface area contributed by atoms with E-state index in [9.17, 15) is 0 Å². The van der Waals surface area contributed by atoms with E-state index < -0.39 is 0 Å². The number of rotatable bonds is 4. The van der Waals surface area contributed by atoms with Crippen LogP contribution >= 0.6 is 22.9 Å². The van der Waals surface area contributed by atoms with Crippen LogP contribution in [0.25, 0.3) is 0 Å². The zero-order valence-electron chi connectivity index (χ0n) is 9.14. The summed E-state index contributed by atoms with van der Waals surface area (Å²) in [6.07, 6.45) is 3.11. The summed E-state index contributed by atoms with van der Waals surface area (Å²) < 4.78 is 0. The van der Waals surface area contributed by atoms with Crippen LogP contribution in [0.4, 0.5) is 0 Å². The Morgan fingerprint density at radius 3 is 2.71 bits per heavy atom. The fourth-order valence-corrected chi connectivity index (χ4v) is 2.51. The molecule has 3 heteroatoms. The second-order valence-electron chi connectivity index (χ2n) is 4.76. The molecule has 14 heavy (non-hydrogen) atoms. The van der Waals surface area contributed by atoms with Crippen molar-refractivity contribution >= 4 is 22.9 Å². The number of halogens is 1. The highest BCUT2D eigenvalue weighted by Gasteiger charge is 2.13. The third-order valence-electron chi connectivity index (χ3n) is 1.85. The van der Waals surface area contributed by atoms with Gasteiger partial charge in [0.15, 0.2) is 0 Å². The Bertz CT molecular complexity index is 275. The van der Waals surface area contributed by atoms with Crippen molar-refractivity contribution in [1.82, 2.24) is 4.98 Å². The van der Waals surface area contributed by atoms with Gasteiger partial charge in [0.25, 0.3) is 0 Å². The molecule has 1 rings (SSSR count). The van der Waals surface area contributed by atoms with Crippen LogP contribution in [-0.2, 0) is 12.8 Å². The summed E-state index contributed by atoms with van der Waals surface area (Å²) in [5.74, 6) is 0.728. The van der Waals surface area contributed by atoms with Crippen molar-refractivity contribution in [3.8, 4) is 0 Å². The summed E-state index contributed by atoms with van der Waals surface area (Å²) in [4.78, 5) is 4.59. The Balaban J connectivity index is 2.51. The number of hydrogen-bond acceptors (Lipinski definition) is 2. The van der Waals surface area contributed by atoms with Crippen molar-refractivity contribution in [3.05, 3.63) is 16.1 Å². The minimum atomic E-state index is 0.335. The lowest BCUT2D eigenvalue weighted by Crippen LogP contribution is -2.08. The van der Waals surface area contributed by atoms with E-state index in [1.54, 1.807) is 11.3 Å². The molecule has 80 valence electrons. The number of hydrogen-bond donors (Lipinski definition) is 0. The Labute approximate surface area is 95.5 Å². The normalized spacial score (nSPS) is 12.0. The van der Waals surface area contributed by atoms with Gasteiger partial charge in [0.05, 0.1) is 10.7 Å². The zero-order valence-corrected chi connectivity index (χ0v) is 10.7. The van der Waals surface area contributed by atoms with E-state index in [0.29, 0.717) is 5.41 Å². The molecule has 0 radical (unpaired) electrons. The average Bonchev–Trinajstić information content (AvgIpc) is 2.46. The third-order valence-corrected chi connectivity index (χ3v) is 3.01. The standard InChI is InChI=1S/C11H18ClNS/c1-11(2,3)7-10-13-9(8-14-10)5-4-6-12/h8H,4-7H2,1-3H3. The van der Waals surface area contributed by atoms with Crippen LogP contribution in [0.15, 0.2) is 5.38 Å². The molecule has 0 atom stereocenters. The monoisotopic (exact) mass is 231 g/mol. The van der Waals surface area contributed by atoms with Gasteiger partial charge in [0.1, 0.15) is 0 Å². The SMILES string of the molecule is CC(C)(C)Cc1nc(CCCCl)cs1. The number of thiazole rings is 1. The van der Waals surface area contributed by atoms with Gasteiger partial charge in [-0.1, -0.05) is 20.8 Å². The Hall–Kier alpha value is -0.0800. The van der Waals surface area contributed by atoms with Crippen molar-refractivity contribution in [2.75, 3.05) is 5.88 Å². The molecule has 0 aromatic carbocycles. The van der Waals surface area contributed by atoms with Crippen LogP contribution in [0, 0.1) is 5.41 Å². The zero-order chi connectivity index (χ0) is 10.6. The summed E-state index contributed by atoms with van der Waals surface area (Å²) in [6.45, 7) is 6.73. The van der Waals surface area contributed by atoms with Crippen molar-refractivity contribution in [1.29, 1.82) is 0 Å². The predicted molar refractivity (Wildman–Crippen MR) is 64.3 cm³/mol. The van der Waals surface area contributed by atoms with Crippen molar-refractivity contribution in [2.24, 2.45) is 5.41 Å². The molecule has 0 saturated heterocycles. The van der Waals surface area contributed by atoms with E-state index in [2.05, 4.69) is 31.1 Å². The van der Waals surface area contributed by atoms with Crippen molar-refractivity contribution in [3.63, 3.8) is 0 Å². The van der Waals surface area contributed by atoms with E-state index >= 15 is 0 Å². The lowest BCUT2D eigenvalue weighted by atomic mass is 9.93. The first-order valence-corrected chi connectivity index (χ1v) is 6.42. The molecule has 1 nitrogen and oxygen atoms in total. The molecule has 0 fully saturated rings. The van der Waals surface area contributed by atoms with Gasteiger partial charge in [-0.15, -0.1) is 22.9 Å². The van der Waals surface area contributed by atoms with Crippen LogP contribution in [0.3, 0.4) is 0 Å². The molecular weight excluding hydrogens is 214 g/mol. The summed E-state index contributed by atoms with van der Waals surface area (Å²) in [6, 6.07) is 0. The topological polar surface area (TPSA) is 12.9 Å². The van der Waals surface area contributed by atoms with E-state index in [-0.39, 0.29) is 0 Å². The van der Waals surface area contributed by atoms with E-state index in [4.69, 9.17) is 11.6 Å². The summed E-state index contributed by atoms with van der Waals surface area (Å²) in [5.41, 5.74) is 1.54.